The molecule has 8 N–H and O–H groups in total. The molecule has 4 aliphatic heterocycles. The van der Waals surface area contributed by atoms with Crippen molar-refractivity contribution in [2.45, 2.75) is 141 Å². The summed E-state index contributed by atoms with van der Waals surface area (Å²) >= 11 is 0. The molecule has 0 spiro atoms. The molecule has 3 amide bonds. The number of quaternary nitrogens is 1. The predicted octanol–water partition coefficient (Wildman–Crippen LogP) is 0.196. The van der Waals surface area contributed by atoms with E-state index in [1.165, 1.54) is 5.06 Å². The van der Waals surface area contributed by atoms with E-state index in [1.807, 2.05) is 27.7 Å². The van der Waals surface area contributed by atoms with Gasteiger partial charge >= 0.3 is 0 Å². The second-order valence-corrected chi connectivity index (χ2v) is 16.0. The highest BCUT2D eigenvalue weighted by molar-refractivity contribution is 5.80. The highest BCUT2D eigenvalue weighted by Crippen LogP contribution is 2.47. The molecule has 4 saturated heterocycles. The first kappa shape index (κ1) is 38.2. The minimum atomic E-state index is -0.739. The number of primary amides is 1. The molecule has 44 heavy (non-hydrogen) atoms. The van der Waals surface area contributed by atoms with E-state index in [9.17, 15) is 45.6 Å². The maximum Gasteiger partial charge on any atom is 0.276 e. The number of hydroxylamine groups is 12. The fourth-order valence-corrected chi connectivity index (χ4v) is 7.31. The van der Waals surface area contributed by atoms with E-state index in [0.29, 0.717) is 10.1 Å². The molecule has 0 aromatic rings. The number of nitrogens with zero attached hydrogens (tertiary/aromatic N) is 5. The first-order valence-electron chi connectivity index (χ1n) is 14.8. The third-order valence-electron chi connectivity index (χ3n) is 9.42. The Hall–Kier alpha value is -1.99. The van der Waals surface area contributed by atoms with Crippen LogP contribution in [0, 0.1) is 11.1 Å². The third-order valence-corrected chi connectivity index (χ3v) is 9.42. The Morgan fingerprint density at radius 3 is 1.34 bits per heavy atom. The van der Waals surface area contributed by atoms with Crippen LogP contribution >= 0.6 is 0 Å². The van der Waals surface area contributed by atoms with Crippen LogP contribution in [0.2, 0.25) is 0 Å². The van der Waals surface area contributed by atoms with Crippen molar-refractivity contribution in [1.29, 1.82) is 0 Å². The van der Waals surface area contributed by atoms with Gasteiger partial charge in [-0.25, -0.2) is 10.1 Å². The fraction of sp³-hybridized carbons (Fsp3) is 0.893. The summed E-state index contributed by atoms with van der Waals surface area (Å²) in [6.07, 6.45) is 0.201. The number of fused-ring (bicyclic) bond motifs is 1. The highest BCUT2D eigenvalue weighted by Gasteiger charge is 2.73. The van der Waals surface area contributed by atoms with Gasteiger partial charge in [0.25, 0.3) is 5.91 Å². The monoisotopic (exact) mass is 633 g/mol. The van der Waals surface area contributed by atoms with Gasteiger partial charge in [-0.1, -0.05) is 0 Å². The number of carbonyl (C=O) groups excluding carboxylic acids is 3. The van der Waals surface area contributed by atoms with Gasteiger partial charge in [-0.15, -0.1) is 0 Å². The molecule has 4 unspecified atom stereocenters. The summed E-state index contributed by atoms with van der Waals surface area (Å²) in [7, 11) is 0. The van der Waals surface area contributed by atoms with Gasteiger partial charge in [-0.2, -0.15) is 15.2 Å². The van der Waals surface area contributed by atoms with Crippen molar-refractivity contribution in [2.75, 3.05) is 13.1 Å². The average molecular weight is 634 g/mol. The fourth-order valence-electron chi connectivity index (χ4n) is 7.31. The van der Waals surface area contributed by atoms with Crippen molar-refractivity contribution in [1.82, 2.24) is 25.3 Å². The van der Waals surface area contributed by atoms with Crippen molar-refractivity contribution in [3.63, 3.8) is 0 Å². The summed E-state index contributed by atoms with van der Waals surface area (Å²) in [5.74, 6) is -1.48. The van der Waals surface area contributed by atoms with Crippen LogP contribution in [-0.2, 0) is 14.4 Å². The van der Waals surface area contributed by atoms with E-state index in [4.69, 9.17) is 5.73 Å². The Morgan fingerprint density at radius 2 is 1.02 bits per heavy atom. The van der Waals surface area contributed by atoms with Gasteiger partial charge in [0, 0.05) is 23.9 Å². The van der Waals surface area contributed by atoms with Crippen molar-refractivity contribution in [2.24, 2.45) is 11.7 Å². The van der Waals surface area contributed by atoms with E-state index >= 15 is 0 Å². The minimum Gasteiger partial charge on any atom is -0.633 e. The van der Waals surface area contributed by atoms with Crippen LogP contribution in [0.3, 0.4) is 0 Å². The Bertz CT molecular complexity index is 1060. The lowest BCUT2D eigenvalue weighted by atomic mass is 9.70. The molecule has 256 valence electrons. The molecule has 0 radical (unpaired) electrons. The van der Waals surface area contributed by atoms with Gasteiger partial charge in [0.05, 0.1) is 41.2 Å². The predicted molar refractivity (Wildman–Crippen MR) is 156 cm³/mol. The summed E-state index contributed by atoms with van der Waals surface area (Å²) < 4.78 is 0. The zero-order chi connectivity index (χ0) is 34.8. The molecule has 16 heteroatoms. The van der Waals surface area contributed by atoms with Gasteiger partial charge in [0.15, 0.2) is 6.04 Å². The zero-order valence-electron chi connectivity index (χ0n) is 28.2. The topological polar surface area (TPSA) is 222 Å². The van der Waals surface area contributed by atoms with Crippen LogP contribution in [0.5, 0.6) is 0 Å². The summed E-state index contributed by atoms with van der Waals surface area (Å²) in [5.41, 5.74) is 1.41. The quantitative estimate of drug-likeness (QED) is 0.152. The van der Waals surface area contributed by atoms with Crippen molar-refractivity contribution < 1.29 is 45.5 Å². The number of amides is 3. The van der Waals surface area contributed by atoms with E-state index in [-0.39, 0.29) is 54.8 Å². The van der Waals surface area contributed by atoms with Crippen LogP contribution in [0.4, 0.5) is 0 Å². The van der Waals surface area contributed by atoms with Crippen molar-refractivity contribution in [3.8, 4) is 0 Å². The molecular weight excluding hydrogens is 578 g/mol. The number of hydrogen-bond acceptors (Lipinski definition) is 12. The maximum atomic E-state index is 11.9. The number of rotatable bonds is 1. The molecule has 4 rings (SSSR count). The van der Waals surface area contributed by atoms with Crippen LogP contribution in [0.1, 0.15) is 95.9 Å². The normalized spacial score (nSPS) is 33.9. The second kappa shape index (κ2) is 12.0. The van der Waals surface area contributed by atoms with E-state index in [1.54, 1.807) is 55.4 Å². The molecular formula is C28H55N7O9. The summed E-state index contributed by atoms with van der Waals surface area (Å²) in [4.78, 5) is 34.0. The lowest BCUT2D eigenvalue weighted by Crippen LogP contribution is -3.27. The molecule has 0 saturated carbocycles. The van der Waals surface area contributed by atoms with Gasteiger partial charge < -0.3 is 31.6 Å². The van der Waals surface area contributed by atoms with Crippen LogP contribution < -0.4 is 10.8 Å². The molecule has 0 aliphatic carbocycles. The minimum absolute atomic E-state index is 0.101. The standard InChI is InChI=1S/C10H19N3O3.2C9H18N2O3/c1-9(2)5-6(8(11)14)12(15)7(5)10(3,4)13(9)16;2*1-8(2)5-7(12)10(13)6-9(3,4)11(8)14/h5-7,12,16H,1-4H3,(H2,11,14);2*13-14H,5-6H2,1-4H3. The number of nitrogens with one attached hydrogen (secondary N) is 1. The molecule has 4 fully saturated rings. The smallest absolute Gasteiger partial charge is 0.276 e. The Balaban J connectivity index is 0.000000231. The first-order chi connectivity index (χ1) is 19.5. The zero-order valence-corrected chi connectivity index (χ0v) is 28.2. The van der Waals surface area contributed by atoms with E-state index in [0.717, 1.165) is 10.1 Å². The number of carbonyl (C=O) groups is 3. The molecule has 0 aromatic heterocycles. The van der Waals surface area contributed by atoms with Gasteiger partial charge in [-0.05, 0) is 83.1 Å². The highest BCUT2D eigenvalue weighted by atomic mass is 16.5. The molecule has 4 atom stereocenters. The van der Waals surface area contributed by atoms with Gasteiger partial charge in [-0.3, -0.25) is 24.8 Å². The molecule has 16 nitrogen and oxygen atoms in total. The third kappa shape index (κ3) is 6.89. The molecule has 0 aromatic carbocycles. The Kier molecular flexibility index (Phi) is 10.4. The lowest BCUT2D eigenvalue weighted by molar-refractivity contribution is -0.953. The lowest BCUT2D eigenvalue weighted by Gasteiger charge is -2.54. The second-order valence-electron chi connectivity index (χ2n) is 16.0. The average Bonchev–Trinajstić information content (AvgIpc) is 2.88. The Labute approximate surface area is 259 Å². The molecule has 0 bridgehead atoms. The summed E-state index contributed by atoms with van der Waals surface area (Å²) in [5, 5.41) is 65.4. The molecule has 4 heterocycles. The number of hydrogen-bond donors (Lipinski definition) is 7. The van der Waals surface area contributed by atoms with E-state index < -0.39 is 45.2 Å². The first-order valence-corrected chi connectivity index (χ1v) is 14.8. The SMILES string of the molecule is CC1(C)C2C(C(N)=O)[NH+]([O-])C2C(C)(C)N1O.CC1(C)CC(=O)N(O)CC(C)(C)N1O.CC1(C)CC(=O)N(O)CC(C)(C)N1O. The van der Waals surface area contributed by atoms with Crippen LogP contribution in [-0.4, -0.2) is 127 Å². The van der Waals surface area contributed by atoms with E-state index in [2.05, 4.69) is 0 Å². The largest absolute Gasteiger partial charge is 0.633 e. The van der Waals surface area contributed by atoms with Crippen molar-refractivity contribution in [3.05, 3.63) is 5.21 Å². The number of nitrogens with two attached hydrogens (primary N) is 1. The Morgan fingerprint density at radius 1 is 0.682 bits per heavy atom. The van der Waals surface area contributed by atoms with Gasteiger partial charge in [0.1, 0.15) is 6.04 Å². The van der Waals surface area contributed by atoms with Crippen LogP contribution in [0.15, 0.2) is 0 Å². The molecule has 4 aliphatic rings. The summed E-state index contributed by atoms with van der Waals surface area (Å²) in [6, 6.07) is -1.04. The van der Waals surface area contributed by atoms with Crippen LogP contribution in [0.25, 0.3) is 0 Å². The maximum absolute atomic E-state index is 11.9. The van der Waals surface area contributed by atoms with Crippen molar-refractivity contribution >= 4 is 17.7 Å². The van der Waals surface area contributed by atoms with Gasteiger partial charge in [0.2, 0.25) is 11.8 Å². The summed E-state index contributed by atoms with van der Waals surface area (Å²) in [6.45, 7) is 21.7.